The number of benzene rings is 1. The SMILES string of the molecule is C/C=N/NC(=O)COc1cc(C)ccc1C(C)C. The summed E-state index contributed by atoms with van der Waals surface area (Å²) in [6.07, 6.45) is 1.52. The summed E-state index contributed by atoms with van der Waals surface area (Å²) >= 11 is 0. The topological polar surface area (TPSA) is 50.7 Å². The molecule has 1 amide bonds. The molecule has 0 fully saturated rings. The molecule has 0 saturated carbocycles. The number of hydrazone groups is 1. The minimum absolute atomic E-state index is 0.0273. The average Bonchev–Trinajstić information content (AvgIpc) is 2.33. The van der Waals surface area contributed by atoms with Gasteiger partial charge < -0.3 is 4.74 Å². The Morgan fingerprint density at radius 1 is 1.50 bits per heavy atom. The number of aryl methyl sites for hydroxylation is 1. The summed E-state index contributed by atoms with van der Waals surface area (Å²) in [5.41, 5.74) is 4.59. The molecule has 0 aliphatic rings. The van der Waals surface area contributed by atoms with Crippen molar-refractivity contribution in [2.75, 3.05) is 6.61 Å². The maximum atomic E-state index is 11.4. The lowest BCUT2D eigenvalue weighted by Gasteiger charge is -2.14. The number of hydrogen-bond donors (Lipinski definition) is 1. The second-order valence-electron chi connectivity index (χ2n) is 4.41. The molecule has 0 bridgehead atoms. The van der Waals surface area contributed by atoms with Gasteiger partial charge in [-0.05, 0) is 37.0 Å². The van der Waals surface area contributed by atoms with Crippen molar-refractivity contribution >= 4 is 12.1 Å². The van der Waals surface area contributed by atoms with E-state index in [-0.39, 0.29) is 12.5 Å². The summed E-state index contributed by atoms with van der Waals surface area (Å²) in [5.74, 6) is 0.863. The number of hydrogen-bond acceptors (Lipinski definition) is 3. The van der Waals surface area contributed by atoms with Crippen molar-refractivity contribution in [3.8, 4) is 5.75 Å². The molecule has 0 unspecified atom stereocenters. The Balaban J connectivity index is 2.71. The first kappa shape index (κ1) is 14.2. The normalized spacial score (nSPS) is 10.9. The van der Waals surface area contributed by atoms with Crippen LogP contribution in [0, 0.1) is 6.92 Å². The lowest BCUT2D eigenvalue weighted by atomic mass is 10.0. The fraction of sp³-hybridized carbons (Fsp3) is 0.429. The van der Waals surface area contributed by atoms with E-state index in [1.54, 1.807) is 6.92 Å². The molecule has 4 nitrogen and oxygen atoms in total. The number of ether oxygens (including phenoxy) is 1. The molecule has 0 aliphatic carbocycles. The van der Waals surface area contributed by atoms with Gasteiger partial charge in [0.05, 0.1) is 0 Å². The maximum Gasteiger partial charge on any atom is 0.277 e. The third-order valence-corrected chi connectivity index (χ3v) is 2.47. The molecule has 98 valence electrons. The highest BCUT2D eigenvalue weighted by Gasteiger charge is 2.09. The minimum atomic E-state index is -0.260. The van der Waals surface area contributed by atoms with Gasteiger partial charge in [0, 0.05) is 6.21 Å². The van der Waals surface area contributed by atoms with Gasteiger partial charge in [-0.15, -0.1) is 0 Å². The molecule has 1 rings (SSSR count). The van der Waals surface area contributed by atoms with Crippen LogP contribution in [-0.4, -0.2) is 18.7 Å². The standard InChI is InChI=1S/C14H20N2O2/c1-5-15-16-14(17)9-18-13-8-11(4)6-7-12(13)10(2)3/h5-8,10H,9H2,1-4H3,(H,16,17)/b15-5+. The van der Waals surface area contributed by atoms with Gasteiger partial charge in [-0.2, -0.15) is 5.10 Å². The molecular formula is C14H20N2O2. The Labute approximate surface area is 108 Å². The van der Waals surface area contributed by atoms with Gasteiger partial charge in [0.25, 0.3) is 5.91 Å². The number of carbonyl (C=O) groups excluding carboxylic acids is 1. The van der Waals surface area contributed by atoms with E-state index in [0.717, 1.165) is 16.9 Å². The van der Waals surface area contributed by atoms with E-state index in [2.05, 4.69) is 24.4 Å². The molecule has 1 N–H and O–H groups in total. The van der Waals surface area contributed by atoms with Gasteiger partial charge >= 0.3 is 0 Å². The summed E-state index contributed by atoms with van der Waals surface area (Å²) in [6.45, 7) is 7.90. The predicted molar refractivity (Wildman–Crippen MR) is 73.1 cm³/mol. The average molecular weight is 248 g/mol. The summed E-state index contributed by atoms with van der Waals surface area (Å²) in [4.78, 5) is 11.4. The quantitative estimate of drug-likeness (QED) is 0.643. The van der Waals surface area contributed by atoms with Gasteiger partial charge in [0.1, 0.15) is 5.75 Å². The number of nitrogens with zero attached hydrogens (tertiary/aromatic N) is 1. The largest absolute Gasteiger partial charge is 0.483 e. The van der Waals surface area contributed by atoms with Crippen LogP contribution in [0.25, 0.3) is 0 Å². The van der Waals surface area contributed by atoms with Crippen LogP contribution in [0.1, 0.15) is 37.8 Å². The summed E-state index contributed by atoms with van der Waals surface area (Å²) < 4.78 is 5.55. The first-order valence-electron chi connectivity index (χ1n) is 6.04. The van der Waals surface area contributed by atoms with Crippen LogP contribution in [0.15, 0.2) is 23.3 Å². The van der Waals surface area contributed by atoms with Crippen molar-refractivity contribution in [3.05, 3.63) is 29.3 Å². The Hall–Kier alpha value is -1.84. The third kappa shape index (κ3) is 4.20. The lowest BCUT2D eigenvalue weighted by molar-refractivity contribution is -0.123. The number of rotatable bonds is 5. The molecule has 4 heteroatoms. The number of nitrogens with one attached hydrogen (secondary N) is 1. The van der Waals surface area contributed by atoms with Crippen LogP contribution < -0.4 is 10.2 Å². The molecule has 0 aliphatic heterocycles. The summed E-state index contributed by atoms with van der Waals surface area (Å²) in [6, 6.07) is 6.03. The Kier molecular flexibility index (Phi) is 5.36. The monoisotopic (exact) mass is 248 g/mol. The van der Waals surface area contributed by atoms with Crippen molar-refractivity contribution in [2.24, 2.45) is 5.10 Å². The smallest absolute Gasteiger partial charge is 0.277 e. The molecule has 0 spiro atoms. The first-order chi connectivity index (χ1) is 8.54. The molecule has 0 radical (unpaired) electrons. The van der Waals surface area contributed by atoms with Crippen molar-refractivity contribution in [3.63, 3.8) is 0 Å². The number of amides is 1. The molecule has 0 heterocycles. The van der Waals surface area contributed by atoms with E-state index in [1.165, 1.54) is 6.21 Å². The molecule has 18 heavy (non-hydrogen) atoms. The number of carbonyl (C=O) groups is 1. The van der Waals surface area contributed by atoms with Crippen molar-refractivity contribution in [1.82, 2.24) is 5.43 Å². The molecule has 0 saturated heterocycles. The minimum Gasteiger partial charge on any atom is -0.483 e. The highest BCUT2D eigenvalue weighted by atomic mass is 16.5. The third-order valence-electron chi connectivity index (χ3n) is 2.47. The van der Waals surface area contributed by atoms with E-state index in [4.69, 9.17) is 4.74 Å². The van der Waals surface area contributed by atoms with Crippen LogP contribution >= 0.6 is 0 Å². The summed E-state index contributed by atoms with van der Waals surface area (Å²) in [7, 11) is 0. The highest BCUT2D eigenvalue weighted by molar-refractivity contribution is 5.78. The Bertz CT molecular complexity index is 439. The van der Waals surface area contributed by atoms with E-state index in [1.807, 2.05) is 25.1 Å². The van der Waals surface area contributed by atoms with Crippen LogP contribution in [0.4, 0.5) is 0 Å². The van der Waals surface area contributed by atoms with Gasteiger partial charge in [0.2, 0.25) is 0 Å². The van der Waals surface area contributed by atoms with E-state index in [0.29, 0.717) is 5.92 Å². The van der Waals surface area contributed by atoms with Gasteiger partial charge in [-0.25, -0.2) is 5.43 Å². The Morgan fingerprint density at radius 2 is 2.22 bits per heavy atom. The van der Waals surface area contributed by atoms with Crippen molar-refractivity contribution in [2.45, 2.75) is 33.6 Å². The van der Waals surface area contributed by atoms with Crippen LogP contribution in [0.5, 0.6) is 5.75 Å². The zero-order chi connectivity index (χ0) is 13.5. The molecule has 0 aromatic heterocycles. The van der Waals surface area contributed by atoms with Crippen LogP contribution in [0.3, 0.4) is 0 Å². The van der Waals surface area contributed by atoms with E-state index in [9.17, 15) is 4.79 Å². The van der Waals surface area contributed by atoms with Crippen molar-refractivity contribution < 1.29 is 9.53 Å². The van der Waals surface area contributed by atoms with Crippen LogP contribution in [-0.2, 0) is 4.79 Å². The molecule has 1 aromatic carbocycles. The van der Waals surface area contributed by atoms with E-state index < -0.39 is 0 Å². The summed E-state index contributed by atoms with van der Waals surface area (Å²) in [5, 5.41) is 3.65. The first-order valence-corrected chi connectivity index (χ1v) is 6.04. The van der Waals surface area contributed by atoms with E-state index >= 15 is 0 Å². The molecular weight excluding hydrogens is 228 g/mol. The van der Waals surface area contributed by atoms with Gasteiger partial charge in [0.15, 0.2) is 6.61 Å². The van der Waals surface area contributed by atoms with Gasteiger partial charge in [-0.1, -0.05) is 26.0 Å². The molecule has 0 atom stereocenters. The fourth-order valence-electron chi connectivity index (χ4n) is 1.56. The molecule has 1 aromatic rings. The second-order valence-corrected chi connectivity index (χ2v) is 4.41. The highest BCUT2D eigenvalue weighted by Crippen LogP contribution is 2.27. The predicted octanol–water partition coefficient (Wildman–Crippen LogP) is 2.62. The zero-order valence-corrected chi connectivity index (χ0v) is 11.4. The van der Waals surface area contributed by atoms with Crippen molar-refractivity contribution in [1.29, 1.82) is 0 Å². The second kappa shape index (κ2) is 6.79. The zero-order valence-electron chi connectivity index (χ0n) is 11.4. The van der Waals surface area contributed by atoms with Crippen LogP contribution in [0.2, 0.25) is 0 Å². The fourth-order valence-corrected chi connectivity index (χ4v) is 1.56. The van der Waals surface area contributed by atoms with Gasteiger partial charge in [-0.3, -0.25) is 4.79 Å². The maximum absolute atomic E-state index is 11.4. The lowest BCUT2D eigenvalue weighted by Crippen LogP contribution is -2.24. The Morgan fingerprint density at radius 3 is 2.83 bits per heavy atom.